The number of aromatic nitrogens is 1. The van der Waals surface area contributed by atoms with Gasteiger partial charge in [0, 0.05) is 10.9 Å². The van der Waals surface area contributed by atoms with Crippen LogP contribution in [0.15, 0.2) is 65.8 Å². The van der Waals surface area contributed by atoms with Crippen LogP contribution in [0, 0.1) is 0 Å². The molecule has 0 saturated carbocycles. The summed E-state index contributed by atoms with van der Waals surface area (Å²) in [5.74, 6) is -0.571. The predicted molar refractivity (Wildman–Crippen MR) is 85.4 cm³/mol. The summed E-state index contributed by atoms with van der Waals surface area (Å²) in [6.45, 7) is 0. The van der Waals surface area contributed by atoms with Gasteiger partial charge >= 0.3 is 0 Å². The van der Waals surface area contributed by atoms with Gasteiger partial charge in [0.25, 0.3) is 5.91 Å². The van der Waals surface area contributed by atoms with Gasteiger partial charge in [0.15, 0.2) is 6.10 Å². The van der Waals surface area contributed by atoms with Crippen molar-refractivity contribution in [3.63, 3.8) is 0 Å². The number of nitrogens with one attached hydrogen (secondary N) is 2. The summed E-state index contributed by atoms with van der Waals surface area (Å²) in [5, 5.41) is 14.8. The summed E-state index contributed by atoms with van der Waals surface area (Å²) >= 11 is 0. The minimum absolute atomic E-state index is 0.529. The summed E-state index contributed by atoms with van der Waals surface area (Å²) in [7, 11) is 0. The Hall–Kier alpha value is -2.92. The van der Waals surface area contributed by atoms with Crippen molar-refractivity contribution in [3.05, 3.63) is 71.9 Å². The average Bonchev–Trinajstić information content (AvgIpc) is 2.97. The predicted octanol–water partition coefficient (Wildman–Crippen LogP) is 2.35. The first-order valence-electron chi connectivity index (χ1n) is 6.88. The molecule has 22 heavy (non-hydrogen) atoms. The van der Waals surface area contributed by atoms with E-state index in [2.05, 4.69) is 15.5 Å². The third-order valence-corrected chi connectivity index (χ3v) is 3.29. The monoisotopic (exact) mass is 293 g/mol. The summed E-state index contributed by atoms with van der Waals surface area (Å²) < 4.78 is 0. The van der Waals surface area contributed by atoms with E-state index in [1.165, 1.54) is 6.21 Å². The number of amides is 1. The van der Waals surface area contributed by atoms with Crippen LogP contribution in [-0.4, -0.2) is 22.2 Å². The van der Waals surface area contributed by atoms with Gasteiger partial charge in [-0.15, -0.1) is 0 Å². The van der Waals surface area contributed by atoms with Gasteiger partial charge in [0.2, 0.25) is 0 Å². The molecule has 5 nitrogen and oxygen atoms in total. The van der Waals surface area contributed by atoms with Crippen molar-refractivity contribution in [1.82, 2.24) is 10.4 Å². The molecule has 0 saturated heterocycles. The Kier molecular flexibility index (Phi) is 3.98. The van der Waals surface area contributed by atoms with E-state index in [0.29, 0.717) is 5.56 Å². The highest BCUT2D eigenvalue weighted by Crippen LogP contribution is 2.13. The van der Waals surface area contributed by atoms with Crippen molar-refractivity contribution < 1.29 is 9.90 Å². The first-order chi connectivity index (χ1) is 10.7. The molecule has 3 aromatic rings. The molecule has 1 unspecified atom stereocenters. The molecule has 110 valence electrons. The molecular weight excluding hydrogens is 278 g/mol. The highest BCUT2D eigenvalue weighted by molar-refractivity contribution is 5.90. The Labute approximate surface area is 127 Å². The third-order valence-electron chi connectivity index (χ3n) is 3.29. The molecule has 3 N–H and O–H groups in total. The minimum atomic E-state index is -1.24. The molecule has 3 rings (SSSR count). The summed E-state index contributed by atoms with van der Waals surface area (Å²) in [6, 6.07) is 18.5. The molecule has 1 aromatic heterocycles. The standard InChI is InChI=1S/C17H15N3O2/c21-16(12-6-2-1-3-7-12)17(22)20-18-11-14-10-13-8-4-5-9-15(13)19-14/h1-11,16,19,21H,(H,20,22). The van der Waals surface area contributed by atoms with Crippen molar-refractivity contribution in [2.75, 3.05) is 0 Å². The maximum atomic E-state index is 11.8. The second-order valence-electron chi connectivity index (χ2n) is 4.86. The molecular formula is C17H15N3O2. The zero-order chi connectivity index (χ0) is 15.4. The Balaban J connectivity index is 1.65. The number of carbonyl (C=O) groups is 1. The van der Waals surface area contributed by atoms with Crippen molar-refractivity contribution in [3.8, 4) is 0 Å². The van der Waals surface area contributed by atoms with Gasteiger partial charge in [-0.3, -0.25) is 4.79 Å². The van der Waals surface area contributed by atoms with Crippen molar-refractivity contribution in [2.24, 2.45) is 5.10 Å². The summed E-state index contributed by atoms with van der Waals surface area (Å²) in [5.41, 5.74) is 4.64. The lowest BCUT2D eigenvalue weighted by Gasteiger charge is -2.08. The van der Waals surface area contributed by atoms with E-state index in [-0.39, 0.29) is 0 Å². The Morgan fingerprint density at radius 1 is 1.14 bits per heavy atom. The van der Waals surface area contributed by atoms with Crippen molar-refractivity contribution >= 4 is 23.0 Å². The Morgan fingerprint density at radius 2 is 1.86 bits per heavy atom. The molecule has 0 spiro atoms. The van der Waals surface area contributed by atoms with Crippen LogP contribution in [0.2, 0.25) is 0 Å². The fraction of sp³-hybridized carbons (Fsp3) is 0.0588. The minimum Gasteiger partial charge on any atom is -0.378 e. The molecule has 0 aliphatic carbocycles. The topological polar surface area (TPSA) is 77.5 Å². The number of aromatic amines is 1. The average molecular weight is 293 g/mol. The zero-order valence-corrected chi connectivity index (χ0v) is 11.7. The molecule has 5 heteroatoms. The van der Waals surface area contributed by atoms with Gasteiger partial charge in [-0.25, -0.2) is 5.43 Å². The molecule has 0 aliphatic rings. The third kappa shape index (κ3) is 3.05. The molecule has 0 bridgehead atoms. The van der Waals surface area contributed by atoms with Crippen LogP contribution in [0.1, 0.15) is 17.4 Å². The van der Waals surface area contributed by atoms with Crippen LogP contribution in [-0.2, 0) is 4.79 Å². The largest absolute Gasteiger partial charge is 0.378 e. The van der Waals surface area contributed by atoms with Crippen LogP contribution in [0.3, 0.4) is 0 Å². The Morgan fingerprint density at radius 3 is 2.64 bits per heavy atom. The van der Waals surface area contributed by atoms with Crippen molar-refractivity contribution in [1.29, 1.82) is 0 Å². The maximum absolute atomic E-state index is 11.8. The van der Waals surface area contributed by atoms with Crippen LogP contribution < -0.4 is 5.43 Å². The number of para-hydroxylation sites is 1. The number of aliphatic hydroxyl groups is 1. The van der Waals surface area contributed by atoms with Crippen LogP contribution in [0.4, 0.5) is 0 Å². The molecule has 0 aliphatic heterocycles. The fourth-order valence-electron chi connectivity index (χ4n) is 2.18. The first kappa shape index (κ1) is 14.0. The highest BCUT2D eigenvalue weighted by atomic mass is 16.3. The number of hydrogen-bond acceptors (Lipinski definition) is 3. The first-order valence-corrected chi connectivity index (χ1v) is 6.88. The quantitative estimate of drug-likeness (QED) is 0.510. The van der Waals surface area contributed by atoms with E-state index in [1.54, 1.807) is 24.3 Å². The van der Waals surface area contributed by atoms with Crippen LogP contribution >= 0.6 is 0 Å². The SMILES string of the molecule is O=C(NN=Cc1cc2ccccc2[nH]1)C(O)c1ccccc1. The molecule has 1 amide bonds. The zero-order valence-electron chi connectivity index (χ0n) is 11.7. The van der Waals surface area contributed by atoms with E-state index in [9.17, 15) is 9.90 Å². The normalized spacial score (nSPS) is 12.6. The van der Waals surface area contributed by atoms with E-state index < -0.39 is 12.0 Å². The van der Waals surface area contributed by atoms with Gasteiger partial charge in [-0.05, 0) is 17.7 Å². The lowest BCUT2D eigenvalue weighted by atomic mass is 10.1. The Bertz CT molecular complexity index is 776. The smallest absolute Gasteiger partial charge is 0.273 e. The van der Waals surface area contributed by atoms with Crippen molar-refractivity contribution in [2.45, 2.75) is 6.10 Å². The second-order valence-corrected chi connectivity index (χ2v) is 4.86. The number of fused-ring (bicyclic) bond motifs is 1. The highest BCUT2D eigenvalue weighted by Gasteiger charge is 2.15. The molecule has 0 radical (unpaired) electrons. The summed E-state index contributed by atoms with van der Waals surface area (Å²) in [4.78, 5) is 15.0. The lowest BCUT2D eigenvalue weighted by molar-refractivity contribution is -0.129. The summed E-state index contributed by atoms with van der Waals surface area (Å²) in [6.07, 6.45) is 0.274. The van der Waals surface area contributed by atoms with E-state index in [1.807, 2.05) is 36.4 Å². The van der Waals surface area contributed by atoms with E-state index in [4.69, 9.17) is 0 Å². The lowest BCUT2D eigenvalue weighted by Crippen LogP contribution is -2.25. The number of H-pyrrole nitrogens is 1. The number of carbonyl (C=O) groups excluding carboxylic acids is 1. The fourth-order valence-corrected chi connectivity index (χ4v) is 2.18. The van der Waals surface area contributed by atoms with E-state index >= 15 is 0 Å². The van der Waals surface area contributed by atoms with Gasteiger partial charge in [0.05, 0.1) is 11.9 Å². The van der Waals surface area contributed by atoms with Gasteiger partial charge < -0.3 is 10.1 Å². The number of aliphatic hydroxyl groups excluding tert-OH is 1. The van der Waals surface area contributed by atoms with Gasteiger partial charge in [0.1, 0.15) is 0 Å². The van der Waals surface area contributed by atoms with Crippen LogP contribution in [0.25, 0.3) is 10.9 Å². The molecule has 1 heterocycles. The second kappa shape index (κ2) is 6.24. The van der Waals surface area contributed by atoms with Gasteiger partial charge in [-0.1, -0.05) is 48.5 Å². The number of benzene rings is 2. The maximum Gasteiger partial charge on any atom is 0.273 e. The number of rotatable bonds is 4. The number of nitrogens with zero attached hydrogens (tertiary/aromatic N) is 1. The number of hydrazone groups is 1. The van der Waals surface area contributed by atoms with Crippen LogP contribution in [0.5, 0.6) is 0 Å². The molecule has 1 atom stereocenters. The molecule has 0 fully saturated rings. The van der Waals surface area contributed by atoms with Gasteiger partial charge in [-0.2, -0.15) is 5.10 Å². The van der Waals surface area contributed by atoms with E-state index in [0.717, 1.165) is 16.6 Å². The molecule has 2 aromatic carbocycles. The number of hydrogen-bond donors (Lipinski definition) is 3.